The Morgan fingerprint density at radius 1 is 0.926 bits per heavy atom. The highest BCUT2D eigenvalue weighted by molar-refractivity contribution is 7.75. The van der Waals surface area contributed by atoms with Gasteiger partial charge >= 0.3 is 11.4 Å². The number of halogens is 2. The van der Waals surface area contributed by atoms with Crippen LogP contribution in [-0.2, 0) is 32.6 Å². The summed E-state index contributed by atoms with van der Waals surface area (Å²) in [5.74, 6) is -0.567. The van der Waals surface area contributed by atoms with Crippen LogP contribution < -0.4 is 4.90 Å². The van der Waals surface area contributed by atoms with E-state index in [9.17, 15) is 13.0 Å². The molecule has 3 aliphatic rings. The summed E-state index contributed by atoms with van der Waals surface area (Å²) in [4.78, 5) is 2.12. The van der Waals surface area contributed by atoms with Crippen molar-refractivity contribution in [3.63, 3.8) is 0 Å². The molecule has 4 nitrogen and oxygen atoms in total. The van der Waals surface area contributed by atoms with Crippen molar-refractivity contribution in [1.29, 1.82) is 0 Å². The highest BCUT2D eigenvalue weighted by atomic mass is 32.2. The van der Waals surface area contributed by atoms with Gasteiger partial charge in [0.25, 0.3) is 0 Å². The summed E-state index contributed by atoms with van der Waals surface area (Å²) in [6, 6.07) is 9.44. The van der Waals surface area contributed by atoms with Crippen LogP contribution in [0.5, 0.6) is 0 Å². The van der Waals surface area contributed by atoms with Gasteiger partial charge in [0.1, 0.15) is 23.8 Å². The van der Waals surface area contributed by atoms with Gasteiger partial charge in [-0.3, -0.25) is 8.37 Å². The smallest absolute Gasteiger partial charge is 0.305 e. The largest absolute Gasteiger partial charge is 0.335 e. The van der Waals surface area contributed by atoms with Gasteiger partial charge in [0.2, 0.25) is 0 Å². The first-order valence-electron chi connectivity index (χ1n) is 9.22. The molecule has 2 fully saturated rings. The number of aryl methyl sites for hydroxylation is 2. The third kappa shape index (κ3) is 2.98. The van der Waals surface area contributed by atoms with Crippen LogP contribution in [0.15, 0.2) is 36.4 Å². The highest BCUT2D eigenvalue weighted by Crippen LogP contribution is 2.43. The van der Waals surface area contributed by atoms with Crippen molar-refractivity contribution in [3.8, 4) is 0 Å². The average Bonchev–Trinajstić information content (AvgIpc) is 2.96. The number of rotatable bonds is 1. The molecule has 2 aromatic carbocycles. The van der Waals surface area contributed by atoms with Gasteiger partial charge < -0.3 is 4.90 Å². The molecule has 2 heterocycles. The van der Waals surface area contributed by atoms with E-state index in [-0.39, 0.29) is 29.9 Å². The van der Waals surface area contributed by atoms with Gasteiger partial charge in [-0.2, -0.15) is 4.21 Å². The van der Waals surface area contributed by atoms with E-state index in [2.05, 4.69) is 4.90 Å². The monoisotopic (exact) mass is 391 g/mol. The quantitative estimate of drug-likeness (QED) is 0.733. The Bertz CT molecular complexity index is 869. The van der Waals surface area contributed by atoms with E-state index in [0.29, 0.717) is 12.8 Å². The van der Waals surface area contributed by atoms with Gasteiger partial charge in [0, 0.05) is 11.4 Å². The first-order valence-corrected chi connectivity index (χ1v) is 10.2. The normalized spacial score (nSPS) is 29.6. The van der Waals surface area contributed by atoms with Crippen LogP contribution in [0.3, 0.4) is 0 Å². The zero-order valence-corrected chi connectivity index (χ0v) is 15.4. The fourth-order valence-corrected chi connectivity index (χ4v) is 5.45. The Morgan fingerprint density at radius 3 is 2.19 bits per heavy atom. The summed E-state index contributed by atoms with van der Waals surface area (Å²) in [6.07, 6.45) is 3.24. The van der Waals surface area contributed by atoms with Crippen molar-refractivity contribution in [3.05, 3.63) is 59.2 Å². The first-order chi connectivity index (χ1) is 13.1. The number of fused-ring (bicyclic) bond motifs is 3. The lowest BCUT2D eigenvalue weighted by atomic mass is 9.88. The Balaban J connectivity index is 1.66. The predicted molar refractivity (Wildman–Crippen MR) is 97.9 cm³/mol. The fraction of sp³-hybridized carbons (Fsp3) is 0.400. The van der Waals surface area contributed by atoms with Crippen molar-refractivity contribution < 1.29 is 21.4 Å². The van der Waals surface area contributed by atoms with E-state index in [0.717, 1.165) is 41.8 Å². The van der Waals surface area contributed by atoms with Gasteiger partial charge in [0.05, 0.1) is 6.04 Å². The molecule has 7 heteroatoms. The molecular weight excluding hydrogens is 372 g/mol. The molecule has 2 aromatic rings. The maximum atomic E-state index is 13.9. The van der Waals surface area contributed by atoms with E-state index < -0.39 is 11.4 Å². The van der Waals surface area contributed by atoms with Crippen molar-refractivity contribution in [2.75, 3.05) is 4.90 Å². The summed E-state index contributed by atoms with van der Waals surface area (Å²) in [7, 11) is 0. The number of anilines is 2. The summed E-state index contributed by atoms with van der Waals surface area (Å²) >= 11 is -1.74. The number of benzene rings is 2. The molecule has 0 radical (unpaired) electrons. The number of nitrogens with zero attached hydrogens (tertiary/aromatic N) is 1. The highest BCUT2D eigenvalue weighted by Gasteiger charge is 2.46. The van der Waals surface area contributed by atoms with Gasteiger partial charge in [-0.25, -0.2) is 8.78 Å². The van der Waals surface area contributed by atoms with Gasteiger partial charge in [0.15, 0.2) is 0 Å². The molecule has 0 amide bonds. The van der Waals surface area contributed by atoms with Crippen molar-refractivity contribution in [1.82, 2.24) is 0 Å². The molecular formula is C20H19F2NO3S. The van der Waals surface area contributed by atoms with Gasteiger partial charge in [-0.1, -0.05) is 0 Å². The SMILES string of the molecule is O=S1OC2C(N3c4ccc(F)cc4CCc4cc(F)ccc43)CCC[C@H]2O1. The summed E-state index contributed by atoms with van der Waals surface area (Å²) in [5.41, 5.74) is 3.56. The topological polar surface area (TPSA) is 38.8 Å². The van der Waals surface area contributed by atoms with Crippen LogP contribution in [0.25, 0.3) is 0 Å². The minimum Gasteiger partial charge on any atom is -0.335 e. The molecule has 0 N–H and O–H groups in total. The molecule has 1 saturated heterocycles. The number of hydrogen-bond acceptors (Lipinski definition) is 4. The average molecular weight is 391 g/mol. The molecule has 27 heavy (non-hydrogen) atoms. The Hall–Kier alpha value is -1.83. The molecule has 0 aromatic heterocycles. The van der Waals surface area contributed by atoms with Crippen LogP contribution in [-0.4, -0.2) is 22.5 Å². The lowest BCUT2D eigenvalue weighted by molar-refractivity contribution is 0.0920. The lowest BCUT2D eigenvalue weighted by Crippen LogP contribution is -2.48. The second-order valence-corrected chi connectivity index (χ2v) is 8.11. The molecule has 1 saturated carbocycles. The third-order valence-electron chi connectivity index (χ3n) is 5.72. The Kier molecular flexibility index (Phi) is 4.26. The molecule has 4 atom stereocenters. The molecule has 142 valence electrons. The van der Waals surface area contributed by atoms with Crippen LogP contribution in [0.1, 0.15) is 30.4 Å². The van der Waals surface area contributed by atoms with Crippen molar-refractivity contribution in [2.24, 2.45) is 0 Å². The molecule has 2 aliphatic heterocycles. The van der Waals surface area contributed by atoms with Crippen molar-refractivity contribution >= 4 is 22.7 Å². The summed E-state index contributed by atoms with van der Waals surface area (Å²) in [6.45, 7) is 0. The summed E-state index contributed by atoms with van der Waals surface area (Å²) in [5, 5.41) is 0. The molecule has 0 spiro atoms. The molecule has 5 rings (SSSR count). The van der Waals surface area contributed by atoms with Gasteiger partial charge in [-0.15, -0.1) is 0 Å². The van der Waals surface area contributed by atoms with Crippen LogP contribution in [0.4, 0.5) is 20.2 Å². The molecule has 0 bridgehead atoms. The zero-order chi connectivity index (χ0) is 18.5. The van der Waals surface area contributed by atoms with Crippen LogP contribution in [0, 0.1) is 11.6 Å². The van der Waals surface area contributed by atoms with E-state index in [1.165, 1.54) is 12.1 Å². The lowest BCUT2D eigenvalue weighted by Gasteiger charge is -2.41. The number of hydrogen-bond donors (Lipinski definition) is 0. The second kappa shape index (κ2) is 6.65. The third-order valence-corrected chi connectivity index (χ3v) is 6.51. The second-order valence-electron chi connectivity index (χ2n) is 7.31. The Labute approximate surface area is 159 Å². The summed E-state index contributed by atoms with van der Waals surface area (Å²) < 4.78 is 50.7. The minimum absolute atomic E-state index is 0.110. The van der Waals surface area contributed by atoms with Crippen LogP contribution in [0.2, 0.25) is 0 Å². The first kappa shape index (κ1) is 17.3. The van der Waals surface area contributed by atoms with Gasteiger partial charge in [-0.05, 0) is 79.6 Å². The maximum absolute atomic E-state index is 13.9. The fourth-order valence-electron chi connectivity index (χ4n) is 4.56. The van der Waals surface area contributed by atoms with E-state index in [4.69, 9.17) is 8.37 Å². The standard InChI is InChI=1S/C20H19F2NO3S/c21-14-6-8-16-12(10-14)4-5-13-11-15(22)7-9-17(13)23(16)18-2-1-3-19-20(18)26-27(24)25-19/h6-11,18-20H,1-5H2/t18?,19-,20?,27?/m1/s1. The molecule has 3 unspecified atom stereocenters. The van der Waals surface area contributed by atoms with Crippen molar-refractivity contribution in [2.45, 2.75) is 50.4 Å². The Morgan fingerprint density at radius 2 is 1.56 bits per heavy atom. The maximum Gasteiger partial charge on any atom is 0.305 e. The predicted octanol–water partition coefficient (Wildman–Crippen LogP) is 4.12. The minimum atomic E-state index is -1.74. The van der Waals surface area contributed by atoms with Crippen LogP contribution >= 0.6 is 0 Å². The zero-order valence-electron chi connectivity index (χ0n) is 14.6. The van der Waals surface area contributed by atoms with E-state index in [1.807, 2.05) is 0 Å². The molecule has 1 aliphatic carbocycles. The van der Waals surface area contributed by atoms with E-state index in [1.54, 1.807) is 24.3 Å². The van der Waals surface area contributed by atoms with E-state index >= 15 is 0 Å².